The Kier molecular flexibility index (Phi) is 4.29. The van der Waals surface area contributed by atoms with Gasteiger partial charge < -0.3 is 9.94 Å². The van der Waals surface area contributed by atoms with Crippen LogP contribution < -0.4 is 4.74 Å². The fraction of sp³-hybridized carbons (Fsp3) is 0.286. The topological polar surface area (TPSA) is 59.6 Å². The van der Waals surface area contributed by atoms with Gasteiger partial charge in [-0.3, -0.25) is 4.68 Å². The minimum atomic E-state index is 0.350. The van der Waals surface area contributed by atoms with E-state index < -0.39 is 0 Å². The minimum Gasteiger partial charge on any atom is -0.487 e. The Balaban J connectivity index is 2.08. The number of aromatic nitrogens is 2. The maximum atomic E-state index is 8.71. The number of hydrogen-bond donors (Lipinski definition) is 1. The number of rotatable bonds is 4. The normalized spacial score (nSPS) is 11.7. The predicted octanol–water partition coefficient (Wildman–Crippen LogP) is 3.16. The van der Waals surface area contributed by atoms with Gasteiger partial charge in [0.15, 0.2) is 0 Å². The molecule has 5 nitrogen and oxygen atoms in total. The van der Waals surface area contributed by atoms with E-state index in [0.717, 1.165) is 22.7 Å². The van der Waals surface area contributed by atoms with Crippen molar-refractivity contribution in [2.24, 2.45) is 12.2 Å². The van der Waals surface area contributed by atoms with Crippen molar-refractivity contribution in [3.63, 3.8) is 0 Å². The van der Waals surface area contributed by atoms with Crippen molar-refractivity contribution in [1.82, 2.24) is 9.78 Å². The summed E-state index contributed by atoms with van der Waals surface area (Å²) in [5.41, 5.74) is 3.02. The molecule has 20 heavy (non-hydrogen) atoms. The molecule has 0 saturated heterocycles. The Morgan fingerprint density at radius 2 is 2.05 bits per heavy atom. The monoisotopic (exact) mass is 293 g/mol. The Labute approximate surface area is 122 Å². The van der Waals surface area contributed by atoms with Crippen LogP contribution in [-0.4, -0.2) is 20.7 Å². The third-order valence-electron chi connectivity index (χ3n) is 3.06. The molecule has 0 radical (unpaired) electrons. The van der Waals surface area contributed by atoms with E-state index in [1.165, 1.54) is 0 Å². The number of hydrogen-bond acceptors (Lipinski definition) is 4. The zero-order chi connectivity index (χ0) is 14.7. The van der Waals surface area contributed by atoms with E-state index in [4.69, 9.17) is 21.5 Å². The summed E-state index contributed by atoms with van der Waals surface area (Å²) >= 11 is 6.16. The van der Waals surface area contributed by atoms with Crippen molar-refractivity contribution >= 4 is 17.3 Å². The first-order valence-corrected chi connectivity index (χ1v) is 6.50. The lowest BCUT2D eigenvalue weighted by Crippen LogP contribution is -2.03. The van der Waals surface area contributed by atoms with Gasteiger partial charge in [0.25, 0.3) is 0 Å². The van der Waals surface area contributed by atoms with Crippen LogP contribution >= 0.6 is 11.6 Å². The summed E-state index contributed by atoms with van der Waals surface area (Å²) in [6.07, 6.45) is 0. The van der Waals surface area contributed by atoms with Crippen molar-refractivity contribution in [2.75, 3.05) is 0 Å². The molecule has 0 unspecified atom stereocenters. The molecule has 0 bridgehead atoms. The largest absolute Gasteiger partial charge is 0.487 e. The van der Waals surface area contributed by atoms with Crippen molar-refractivity contribution in [2.45, 2.75) is 20.5 Å². The molecular weight excluding hydrogens is 278 g/mol. The fourth-order valence-electron chi connectivity index (χ4n) is 1.84. The molecule has 0 aliphatic heterocycles. The predicted molar refractivity (Wildman–Crippen MR) is 77.7 cm³/mol. The molecule has 0 aliphatic rings. The van der Waals surface area contributed by atoms with Gasteiger partial charge in [0.05, 0.1) is 22.1 Å². The van der Waals surface area contributed by atoms with Crippen LogP contribution in [-0.2, 0) is 13.7 Å². The zero-order valence-electron chi connectivity index (χ0n) is 11.6. The molecule has 0 atom stereocenters. The fourth-order valence-corrected chi connectivity index (χ4v) is 2.05. The SMILES string of the molecule is CC(=NO)c1ccc(OCc2c(Cl)c(C)nn2C)cc1. The second kappa shape index (κ2) is 5.96. The lowest BCUT2D eigenvalue weighted by molar-refractivity contribution is 0.295. The van der Waals surface area contributed by atoms with Crippen LogP contribution in [0.3, 0.4) is 0 Å². The van der Waals surface area contributed by atoms with Crippen LogP contribution in [0.5, 0.6) is 5.75 Å². The zero-order valence-corrected chi connectivity index (χ0v) is 12.3. The summed E-state index contributed by atoms with van der Waals surface area (Å²) in [5, 5.41) is 16.7. The van der Waals surface area contributed by atoms with E-state index in [1.807, 2.05) is 38.2 Å². The van der Waals surface area contributed by atoms with Crippen molar-refractivity contribution < 1.29 is 9.94 Å². The van der Waals surface area contributed by atoms with E-state index in [-0.39, 0.29) is 0 Å². The van der Waals surface area contributed by atoms with Gasteiger partial charge in [-0.2, -0.15) is 5.10 Å². The van der Waals surface area contributed by atoms with Gasteiger partial charge in [0.2, 0.25) is 0 Å². The highest BCUT2D eigenvalue weighted by Crippen LogP contribution is 2.21. The van der Waals surface area contributed by atoms with Crippen molar-refractivity contribution in [3.8, 4) is 5.75 Å². The molecule has 0 amide bonds. The van der Waals surface area contributed by atoms with Gasteiger partial charge in [-0.15, -0.1) is 0 Å². The molecule has 2 rings (SSSR count). The average Bonchev–Trinajstić information content (AvgIpc) is 2.70. The summed E-state index contributed by atoms with van der Waals surface area (Å²) in [4.78, 5) is 0. The first kappa shape index (κ1) is 14.4. The smallest absolute Gasteiger partial charge is 0.131 e. The van der Waals surface area contributed by atoms with Gasteiger partial charge in [0, 0.05) is 7.05 Å². The Morgan fingerprint density at radius 3 is 2.55 bits per heavy atom. The maximum Gasteiger partial charge on any atom is 0.131 e. The van der Waals surface area contributed by atoms with Crippen LogP contribution in [0, 0.1) is 6.92 Å². The molecule has 1 heterocycles. The Hall–Kier alpha value is -2.01. The van der Waals surface area contributed by atoms with E-state index in [9.17, 15) is 0 Å². The first-order chi connectivity index (χ1) is 9.52. The first-order valence-electron chi connectivity index (χ1n) is 6.12. The van der Waals surface area contributed by atoms with Crippen LogP contribution in [0.25, 0.3) is 0 Å². The second-order valence-corrected chi connectivity index (χ2v) is 4.85. The number of halogens is 1. The molecule has 0 spiro atoms. The lowest BCUT2D eigenvalue weighted by atomic mass is 10.1. The van der Waals surface area contributed by atoms with E-state index in [2.05, 4.69) is 10.3 Å². The van der Waals surface area contributed by atoms with Crippen molar-refractivity contribution in [3.05, 3.63) is 46.2 Å². The molecule has 1 N–H and O–H groups in total. The summed E-state index contributed by atoms with van der Waals surface area (Å²) in [7, 11) is 1.84. The Bertz CT molecular complexity index is 633. The van der Waals surface area contributed by atoms with Gasteiger partial charge >= 0.3 is 0 Å². The second-order valence-electron chi connectivity index (χ2n) is 4.47. The third-order valence-corrected chi connectivity index (χ3v) is 3.55. The van der Waals surface area contributed by atoms with Crippen LogP contribution in [0.15, 0.2) is 29.4 Å². The molecule has 106 valence electrons. The number of aryl methyl sites for hydroxylation is 2. The molecule has 0 aliphatic carbocycles. The average molecular weight is 294 g/mol. The number of oxime groups is 1. The highest BCUT2D eigenvalue weighted by Gasteiger charge is 2.11. The number of benzene rings is 1. The molecule has 6 heteroatoms. The summed E-state index contributed by atoms with van der Waals surface area (Å²) in [6, 6.07) is 7.31. The highest BCUT2D eigenvalue weighted by molar-refractivity contribution is 6.31. The van der Waals surface area contributed by atoms with Crippen LogP contribution in [0.2, 0.25) is 5.02 Å². The van der Waals surface area contributed by atoms with Gasteiger partial charge in [-0.25, -0.2) is 0 Å². The standard InChI is InChI=1S/C14H16ClN3O2/c1-9(17-19)11-4-6-12(7-5-11)20-8-13-14(15)10(2)16-18(13)3/h4-7,19H,8H2,1-3H3. The summed E-state index contributed by atoms with van der Waals surface area (Å²) in [5.74, 6) is 0.717. The summed E-state index contributed by atoms with van der Waals surface area (Å²) < 4.78 is 7.40. The van der Waals surface area contributed by atoms with E-state index in [1.54, 1.807) is 11.6 Å². The van der Waals surface area contributed by atoms with Crippen LogP contribution in [0.4, 0.5) is 0 Å². The molecule has 2 aromatic rings. The van der Waals surface area contributed by atoms with Gasteiger partial charge in [0.1, 0.15) is 12.4 Å². The molecule has 0 fully saturated rings. The molecule has 1 aromatic heterocycles. The van der Waals surface area contributed by atoms with Crippen molar-refractivity contribution in [1.29, 1.82) is 0 Å². The van der Waals surface area contributed by atoms with E-state index in [0.29, 0.717) is 17.3 Å². The quantitative estimate of drug-likeness (QED) is 0.535. The Morgan fingerprint density at radius 1 is 1.40 bits per heavy atom. The third kappa shape index (κ3) is 2.93. The molecular formula is C14H16ClN3O2. The number of ether oxygens (including phenoxy) is 1. The minimum absolute atomic E-state index is 0.350. The van der Waals surface area contributed by atoms with Gasteiger partial charge in [-0.1, -0.05) is 16.8 Å². The molecule has 0 saturated carbocycles. The number of nitrogens with zero attached hydrogens (tertiary/aromatic N) is 3. The highest BCUT2D eigenvalue weighted by atomic mass is 35.5. The molecule has 1 aromatic carbocycles. The lowest BCUT2D eigenvalue weighted by Gasteiger charge is -2.07. The van der Waals surface area contributed by atoms with Crippen LogP contribution in [0.1, 0.15) is 23.9 Å². The maximum absolute atomic E-state index is 8.71. The van der Waals surface area contributed by atoms with E-state index >= 15 is 0 Å². The summed E-state index contributed by atoms with van der Waals surface area (Å²) in [6.45, 7) is 3.94. The van der Waals surface area contributed by atoms with Gasteiger partial charge in [-0.05, 0) is 43.7 Å².